The lowest BCUT2D eigenvalue weighted by Crippen LogP contribution is -2.21. The van der Waals surface area contributed by atoms with Crippen molar-refractivity contribution in [2.75, 3.05) is 0 Å². The second-order valence-corrected chi connectivity index (χ2v) is 5.35. The molecule has 5 heteroatoms. The van der Waals surface area contributed by atoms with E-state index >= 15 is 0 Å². The van der Waals surface area contributed by atoms with E-state index in [-0.39, 0.29) is 5.56 Å². The molecular weight excluding hydrogens is 348 g/mol. The Balaban J connectivity index is 2.17. The maximum atomic E-state index is 11.8. The van der Waals surface area contributed by atoms with Crippen molar-refractivity contribution in [1.82, 2.24) is 9.55 Å². The van der Waals surface area contributed by atoms with Crippen LogP contribution in [0.1, 0.15) is 5.69 Å². The highest BCUT2D eigenvalue weighted by Crippen LogP contribution is 2.13. The highest BCUT2D eigenvalue weighted by atomic mass is 79.9. The second kappa shape index (κ2) is 5.60. The van der Waals surface area contributed by atoms with Crippen LogP contribution in [0.3, 0.4) is 0 Å². The van der Waals surface area contributed by atoms with Crippen molar-refractivity contribution in [2.45, 2.75) is 13.0 Å². The summed E-state index contributed by atoms with van der Waals surface area (Å²) in [6, 6.07) is 7.53. The SMILES string of the molecule is O=c1c(Br)cc(Br)cn1CCc1ccccn1. The molecule has 3 nitrogen and oxygen atoms in total. The monoisotopic (exact) mass is 356 g/mol. The third-order valence-electron chi connectivity index (χ3n) is 2.34. The summed E-state index contributed by atoms with van der Waals surface area (Å²) in [5.74, 6) is 0. The Morgan fingerprint density at radius 2 is 2.12 bits per heavy atom. The topological polar surface area (TPSA) is 34.9 Å². The molecule has 2 aromatic rings. The van der Waals surface area contributed by atoms with Gasteiger partial charge in [0.15, 0.2) is 0 Å². The van der Waals surface area contributed by atoms with Crippen molar-refractivity contribution in [1.29, 1.82) is 0 Å². The Hall–Kier alpha value is -0.940. The van der Waals surface area contributed by atoms with Crippen molar-refractivity contribution in [3.05, 3.63) is 61.7 Å². The zero-order valence-electron chi connectivity index (χ0n) is 8.94. The molecule has 0 N–H and O–H groups in total. The van der Waals surface area contributed by atoms with E-state index in [4.69, 9.17) is 0 Å². The molecule has 0 aliphatic heterocycles. The van der Waals surface area contributed by atoms with Gasteiger partial charge in [-0.2, -0.15) is 0 Å². The highest BCUT2D eigenvalue weighted by Gasteiger charge is 2.03. The average molecular weight is 358 g/mol. The number of aryl methyl sites for hydroxylation is 2. The molecule has 0 aromatic carbocycles. The molecular formula is C12H10Br2N2O. The van der Waals surface area contributed by atoms with Crippen LogP contribution in [0.5, 0.6) is 0 Å². The van der Waals surface area contributed by atoms with Crippen LogP contribution >= 0.6 is 31.9 Å². The summed E-state index contributed by atoms with van der Waals surface area (Å²) in [7, 11) is 0. The van der Waals surface area contributed by atoms with Crippen LogP contribution in [0.25, 0.3) is 0 Å². The average Bonchev–Trinajstić information content (AvgIpc) is 2.33. The van der Waals surface area contributed by atoms with Crippen molar-refractivity contribution >= 4 is 31.9 Å². The molecule has 2 heterocycles. The molecule has 2 rings (SSSR count). The summed E-state index contributed by atoms with van der Waals surface area (Å²) in [6.07, 6.45) is 4.29. The number of hydrogen-bond donors (Lipinski definition) is 0. The number of rotatable bonds is 3. The van der Waals surface area contributed by atoms with Crippen molar-refractivity contribution in [2.24, 2.45) is 0 Å². The molecule has 0 fully saturated rings. The number of aromatic nitrogens is 2. The molecule has 0 unspecified atom stereocenters. The minimum absolute atomic E-state index is 0.0240. The lowest BCUT2D eigenvalue weighted by molar-refractivity contribution is 0.656. The quantitative estimate of drug-likeness (QED) is 0.846. The van der Waals surface area contributed by atoms with Crippen molar-refractivity contribution in [3.63, 3.8) is 0 Å². The summed E-state index contributed by atoms with van der Waals surface area (Å²) in [5, 5.41) is 0. The molecule has 0 bridgehead atoms. The first-order valence-corrected chi connectivity index (χ1v) is 6.71. The van der Waals surface area contributed by atoms with Gasteiger partial charge < -0.3 is 4.57 Å². The Labute approximate surface area is 116 Å². The van der Waals surface area contributed by atoms with Crippen LogP contribution < -0.4 is 5.56 Å². The number of hydrogen-bond acceptors (Lipinski definition) is 2. The molecule has 2 aromatic heterocycles. The molecule has 0 saturated carbocycles. The van der Waals surface area contributed by atoms with Crippen molar-refractivity contribution in [3.8, 4) is 0 Å². The van der Waals surface area contributed by atoms with Crippen LogP contribution in [0.2, 0.25) is 0 Å². The van der Waals surface area contributed by atoms with Gasteiger partial charge in [0.1, 0.15) is 0 Å². The summed E-state index contributed by atoms with van der Waals surface area (Å²) in [6.45, 7) is 0.619. The van der Waals surface area contributed by atoms with E-state index in [2.05, 4.69) is 36.8 Å². The van der Waals surface area contributed by atoms with Gasteiger partial charge in [-0.3, -0.25) is 9.78 Å². The van der Waals surface area contributed by atoms with Gasteiger partial charge in [-0.05, 0) is 50.1 Å². The molecule has 0 saturated heterocycles. The van der Waals surface area contributed by atoms with Gasteiger partial charge in [0.05, 0.1) is 4.47 Å². The molecule has 88 valence electrons. The molecule has 17 heavy (non-hydrogen) atoms. The number of pyridine rings is 2. The molecule has 0 atom stereocenters. The van der Waals surface area contributed by atoms with E-state index in [0.717, 1.165) is 16.6 Å². The van der Waals surface area contributed by atoms with Crippen LogP contribution in [-0.2, 0) is 13.0 Å². The highest BCUT2D eigenvalue weighted by molar-refractivity contribution is 9.11. The number of nitrogens with zero attached hydrogens (tertiary/aromatic N) is 2. The van der Waals surface area contributed by atoms with E-state index in [1.54, 1.807) is 23.0 Å². The predicted molar refractivity (Wildman–Crippen MR) is 74.0 cm³/mol. The molecule has 0 aliphatic carbocycles. The Morgan fingerprint density at radius 3 is 2.82 bits per heavy atom. The minimum Gasteiger partial charge on any atom is -0.313 e. The summed E-state index contributed by atoms with van der Waals surface area (Å²) in [5.41, 5.74) is 0.958. The van der Waals surface area contributed by atoms with Crippen LogP contribution in [0.4, 0.5) is 0 Å². The van der Waals surface area contributed by atoms with E-state index in [9.17, 15) is 4.79 Å². The summed E-state index contributed by atoms with van der Waals surface area (Å²) < 4.78 is 3.11. The fourth-order valence-electron chi connectivity index (χ4n) is 1.51. The normalized spacial score (nSPS) is 10.5. The standard InChI is InChI=1S/C12H10Br2N2O/c13-9-7-11(14)12(17)16(8-9)6-4-10-3-1-2-5-15-10/h1-3,5,7-8H,4,6H2. The molecule has 0 aliphatic rings. The Kier molecular flexibility index (Phi) is 4.12. The van der Waals surface area contributed by atoms with Gasteiger partial charge in [0.25, 0.3) is 5.56 Å². The van der Waals surface area contributed by atoms with Gasteiger partial charge in [-0.1, -0.05) is 6.07 Å². The smallest absolute Gasteiger partial charge is 0.264 e. The van der Waals surface area contributed by atoms with Gasteiger partial charge >= 0.3 is 0 Å². The van der Waals surface area contributed by atoms with Crippen LogP contribution in [-0.4, -0.2) is 9.55 Å². The summed E-state index contributed by atoms with van der Waals surface area (Å²) in [4.78, 5) is 16.0. The molecule has 0 amide bonds. The van der Waals surface area contributed by atoms with E-state index in [1.165, 1.54) is 0 Å². The first-order chi connectivity index (χ1) is 8.16. The van der Waals surface area contributed by atoms with Gasteiger partial charge in [-0.25, -0.2) is 0 Å². The van der Waals surface area contributed by atoms with Crippen LogP contribution in [0, 0.1) is 0 Å². The molecule has 0 radical (unpaired) electrons. The summed E-state index contributed by atoms with van der Waals surface area (Å²) >= 11 is 6.61. The minimum atomic E-state index is -0.0240. The van der Waals surface area contributed by atoms with E-state index in [0.29, 0.717) is 11.0 Å². The number of halogens is 2. The van der Waals surface area contributed by atoms with Crippen molar-refractivity contribution < 1.29 is 0 Å². The van der Waals surface area contributed by atoms with Crippen LogP contribution in [0.15, 0.2) is 50.4 Å². The third-order valence-corrected chi connectivity index (χ3v) is 3.35. The van der Waals surface area contributed by atoms with Gasteiger partial charge in [0.2, 0.25) is 0 Å². The molecule has 0 spiro atoms. The lowest BCUT2D eigenvalue weighted by atomic mass is 10.2. The van der Waals surface area contributed by atoms with Gasteiger partial charge in [0, 0.05) is 35.5 Å². The Morgan fingerprint density at radius 1 is 1.29 bits per heavy atom. The lowest BCUT2D eigenvalue weighted by Gasteiger charge is -2.06. The van der Waals surface area contributed by atoms with E-state index in [1.807, 2.05) is 18.2 Å². The Bertz CT molecular complexity index is 566. The first kappa shape index (κ1) is 12.5. The third kappa shape index (κ3) is 3.26. The zero-order chi connectivity index (χ0) is 12.3. The largest absolute Gasteiger partial charge is 0.313 e. The maximum Gasteiger partial charge on any atom is 0.264 e. The second-order valence-electron chi connectivity index (χ2n) is 3.58. The zero-order valence-corrected chi connectivity index (χ0v) is 12.1. The fraction of sp³-hybridized carbons (Fsp3) is 0.167. The first-order valence-electron chi connectivity index (χ1n) is 5.12. The predicted octanol–water partition coefficient (Wildman–Crippen LogP) is 3.01. The van der Waals surface area contributed by atoms with E-state index < -0.39 is 0 Å². The fourth-order valence-corrected chi connectivity index (χ4v) is 2.77. The maximum absolute atomic E-state index is 11.8. The van der Waals surface area contributed by atoms with Gasteiger partial charge in [-0.15, -0.1) is 0 Å².